The van der Waals surface area contributed by atoms with Gasteiger partial charge in [0, 0.05) is 11.9 Å². The molecule has 10 heteroatoms. The monoisotopic (exact) mass is 490 g/mol. The number of fused-ring (bicyclic) bond motifs is 1. The number of carbonyl (C=O) groups excluding carboxylic acids is 1. The molecule has 1 amide bonds. The number of aryl methyl sites for hydroxylation is 1. The zero-order chi connectivity index (χ0) is 23.6. The van der Waals surface area contributed by atoms with Crippen LogP contribution in [0.3, 0.4) is 0 Å². The summed E-state index contributed by atoms with van der Waals surface area (Å²) in [4.78, 5) is 21.4. The molecule has 0 spiro atoms. The molecular formula is C23H18ClF3N4OS. The number of hydrogen-bond donors (Lipinski definition) is 1. The van der Waals surface area contributed by atoms with Crippen LogP contribution in [0.2, 0.25) is 5.02 Å². The third-order valence-corrected chi connectivity index (χ3v) is 6.20. The largest absolute Gasteiger partial charge is 0.416 e. The maximum atomic E-state index is 13.0. The first kappa shape index (κ1) is 23.1. The summed E-state index contributed by atoms with van der Waals surface area (Å²) in [5.74, 6) is -0.0589. The lowest BCUT2D eigenvalue weighted by atomic mass is 10.1. The van der Waals surface area contributed by atoms with Crippen molar-refractivity contribution in [3.63, 3.8) is 0 Å². The van der Waals surface area contributed by atoms with E-state index in [1.54, 1.807) is 41.2 Å². The maximum absolute atomic E-state index is 13.0. The van der Waals surface area contributed by atoms with Gasteiger partial charge in [-0.05, 0) is 42.3 Å². The second-order valence-corrected chi connectivity index (χ2v) is 8.71. The van der Waals surface area contributed by atoms with Gasteiger partial charge in [0.05, 0.1) is 33.5 Å². The molecule has 0 fully saturated rings. The molecule has 1 N–H and O–H groups in total. The minimum absolute atomic E-state index is 0.0582. The molecule has 5 nitrogen and oxygen atoms in total. The number of nitrogens with one attached hydrogen (secondary N) is 1. The van der Waals surface area contributed by atoms with Crippen LogP contribution in [0.4, 0.5) is 18.9 Å². The molecule has 170 valence electrons. The molecule has 4 rings (SSSR count). The first-order valence-electron chi connectivity index (χ1n) is 9.86. The molecule has 33 heavy (non-hydrogen) atoms. The first-order valence-corrected chi connectivity index (χ1v) is 11.2. The second kappa shape index (κ2) is 9.44. The molecule has 0 aliphatic rings. The fraction of sp³-hybridized carbons (Fsp3) is 0.174. The van der Waals surface area contributed by atoms with Crippen molar-refractivity contribution in [1.82, 2.24) is 14.5 Å². The summed E-state index contributed by atoms with van der Waals surface area (Å²) in [6.45, 7) is 1.84. The van der Waals surface area contributed by atoms with E-state index in [0.717, 1.165) is 17.7 Å². The highest BCUT2D eigenvalue weighted by Crippen LogP contribution is 2.32. The van der Waals surface area contributed by atoms with Crippen LogP contribution < -0.4 is 5.32 Å². The smallest absolute Gasteiger partial charge is 0.323 e. The highest BCUT2D eigenvalue weighted by atomic mass is 35.5. The van der Waals surface area contributed by atoms with Gasteiger partial charge < -0.3 is 9.88 Å². The van der Waals surface area contributed by atoms with Crippen LogP contribution in [0.15, 0.2) is 66.1 Å². The van der Waals surface area contributed by atoms with Crippen LogP contribution in [0.1, 0.15) is 16.7 Å². The number of anilines is 1. The maximum Gasteiger partial charge on any atom is 0.416 e. The average Bonchev–Trinajstić information content (AvgIpc) is 3.11. The number of halogens is 4. The van der Waals surface area contributed by atoms with E-state index in [-0.39, 0.29) is 18.2 Å². The molecule has 0 unspecified atom stereocenters. The zero-order valence-corrected chi connectivity index (χ0v) is 18.9. The van der Waals surface area contributed by atoms with Gasteiger partial charge in [0.2, 0.25) is 5.91 Å². The SMILES string of the molecule is Cc1ccc(NC(=O)Cn2c(SCc3cccc(C(F)(F)F)c3)nc3ccncc32)c(Cl)c1. The van der Waals surface area contributed by atoms with Crippen molar-refractivity contribution in [2.24, 2.45) is 0 Å². The fourth-order valence-corrected chi connectivity index (χ4v) is 4.49. The van der Waals surface area contributed by atoms with Crippen LogP contribution in [-0.2, 0) is 23.3 Å². The highest BCUT2D eigenvalue weighted by molar-refractivity contribution is 7.98. The van der Waals surface area contributed by atoms with Gasteiger partial charge in [-0.15, -0.1) is 0 Å². The summed E-state index contributed by atoms with van der Waals surface area (Å²) in [7, 11) is 0. The Morgan fingerprint density at radius 1 is 1.18 bits per heavy atom. The number of carbonyl (C=O) groups is 1. The Bertz CT molecular complexity index is 1320. The topological polar surface area (TPSA) is 59.8 Å². The van der Waals surface area contributed by atoms with E-state index in [0.29, 0.717) is 32.5 Å². The quantitative estimate of drug-likeness (QED) is 0.320. The average molecular weight is 491 g/mol. The molecule has 0 saturated heterocycles. The number of hydrogen-bond acceptors (Lipinski definition) is 4. The van der Waals surface area contributed by atoms with Gasteiger partial charge in [-0.3, -0.25) is 9.78 Å². The molecule has 0 saturated carbocycles. The third kappa shape index (κ3) is 5.48. The van der Waals surface area contributed by atoms with Crippen molar-refractivity contribution in [2.45, 2.75) is 30.6 Å². The summed E-state index contributed by atoms with van der Waals surface area (Å²) in [5.41, 5.74) is 2.55. The summed E-state index contributed by atoms with van der Waals surface area (Å²) in [6.07, 6.45) is -1.22. The minimum Gasteiger partial charge on any atom is -0.323 e. The Hall–Kier alpha value is -3.04. The molecule has 2 aromatic heterocycles. The van der Waals surface area contributed by atoms with Gasteiger partial charge in [0.15, 0.2) is 5.16 Å². The Balaban J connectivity index is 1.56. The number of nitrogens with zero attached hydrogens (tertiary/aromatic N) is 3. The number of aromatic nitrogens is 3. The predicted molar refractivity (Wildman–Crippen MR) is 123 cm³/mol. The predicted octanol–water partition coefficient (Wildman–Crippen LogP) is 6.34. The second-order valence-electron chi connectivity index (χ2n) is 7.36. The normalized spacial score (nSPS) is 11.7. The lowest BCUT2D eigenvalue weighted by Crippen LogP contribution is -2.19. The molecule has 4 aromatic rings. The number of pyridine rings is 1. The Labute approximate surface area is 197 Å². The van der Waals surface area contributed by atoms with Gasteiger partial charge in [-0.2, -0.15) is 13.2 Å². The third-order valence-electron chi connectivity index (χ3n) is 4.84. The van der Waals surface area contributed by atoms with Crippen LogP contribution in [-0.4, -0.2) is 20.4 Å². The highest BCUT2D eigenvalue weighted by Gasteiger charge is 2.30. The molecule has 0 radical (unpaired) electrons. The Morgan fingerprint density at radius 2 is 2.00 bits per heavy atom. The molecule has 2 aromatic carbocycles. The fourth-order valence-electron chi connectivity index (χ4n) is 3.25. The summed E-state index contributed by atoms with van der Waals surface area (Å²) in [5, 5.41) is 3.72. The number of imidazole rings is 1. The minimum atomic E-state index is -4.41. The molecule has 0 bridgehead atoms. The number of alkyl halides is 3. The van der Waals surface area contributed by atoms with Gasteiger partial charge in [-0.25, -0.2) is 4.98 Å². The number of amides is 1. The van der Waals surface area contributed by atoms with Gasteiger partial charge in [0.25, 0.3) is 0 Å². The molecule has 0 atom stereocenters. The van der Waals surface area contributed by atoms with E-state index in [9.17, 15) is 18.0 Å². The van der Waals surface area contributed by atoms with Crippen molar-refractivity contribution in [3.05, 3.63) is 82.6 Å². The summed E-state index contributed by atoms with van der Waals surface area (Å²) < 4.78 is 40.8. The van der Waals surface area contributed by atoms with Gasteiger partial charge in [-0.1, -0.05) is 47.6 Å². The molecule has 0 aliphatic carbocycles. The lowest BCUT2D eigenvalue weighted by Gasteiger charge is -2.12. The standard InChI is InChI=1S/C23H18ClF3N4OS/c1-14-5-6-18(17(24)9-14)29-21(32)12-31-20-11-28-8-7-19(20)30-22(31)33-13-15-3-2-4-16(10-15)23(25,26)27/h2-11H,12-13H2,1H3,(H,29,32). The molecular weight excluding hydrogens is 473 g/mol. The van der Waals surface area contributed by atoms with Crippen molar-refractivity contribution >= 4 is 46.0 Å². The van der Waals surface area contributed by atoms with Crippen LogP contribution in [0, 0.1) is 6.92 Å². The van der Waals surface area contributed by atoms with E-state index in [4.69, 9.17) is 11.6 Å². The van der Waals surface area contributed by atoms with Crippen molar-refractivity contribution < 1.29 is 18.0 Å². The van der Waals surface area contributed by atoms with Crippen LogP contribution >= 0.6 is 23.4 Å². The molecule has 2 heterocycles. The van der Waals surface area contributed by atoms with E-state index in [1.807, 2.05) is 13.0 Å². The van der Waals surface area contributed by atoms with E-state index < -0.39 is 11.7 Å². The van der Waals surface area contributed by atoms with Gasteiger partial charge >= 0.3 is 6.18 Å². The summed E-state index contributed by atoms with van der Waals surface area (Å²) in [6, 6.07) is 12.2. The summed E-state index contributed by atoms with van der Waals surface area (Å²) >= 11 is 7.47. The van der Waals surface area contributed by atoms with E-state index in [1.165, 1.54) is 17.8 Å². The van der Waals surface area contributed by atoms with E-state index in [2.05, 4.69) is 15.3 Å². The van der Waals surface area contributed by atoms with E-state index >= 15 is 0 Å². The zero-order valence-electron chi connectivity index (χ0n) is 17.4. The Morgan fingerprint density at radius 3 is 2.76 bits per heavy atom. The lowest BCUT2D eigenvalue weighted by molar-refractivity contribution is -0.137. The number of benzene rings is 2. The van der Waals surface area contributed by atoms with Crippen molar-refractivity contribution in [2.75, 3.05) is 5.32 Å². The number of rotatable bonds is 6. The molecule has 0 aliphatic heterocycles. The Kier molecular flexibility index (Phi) is 6.62. The van der Waals surface area contributed by atoms with Crippen molar-refractivity contribution in [1.29, 1.82) is 0 Å². The number of thioether (sulfide) groups is 1. The van der Waals surface area contributed by atoms with Crippen LogP contribution in [0.25, 0.3) is 11.0 Å². The van der Waals surface area contributed by atoms with Crippen LogP contribution in [0.5, 0.6) is 0 Å². The first-order chi connectivity index (χ1) is 15.7. The van der Waals surface area contributed by atoms with Gasteiger partial charge in [0.1, 0.15) is 6.54 Å². The van der Waals surface area contributed by atoms with Crippen molar-refractivity contribution in [3.8, 4) is 0 Å².